The maximum atomic E-state index is 12.8. The van der Waals surface area contributed by atoms with Gasteiger partial charge < -0.3 is 10.2 Å². The van der Waals surface area contributed by atoms with Crippen molar-refractivity contribution >= 4 is 0 Å². The maximum Gasteiger partial charge on any atom is 0.218 e. The number of nitriles is 1. The summed E-state index contributed by atoms with van der Waals surface area (Å²) in [6.45, 7) is 0. The van der Waals surface area contributed by atoms with Crippen LogP contribution in [0.1, 0.15) is 11.7 Å². The van der Waals surface area contributed by atoms with Crippen LogP contribution < -0.4 is 0 Å². The van der Waals surface area contributed by atoms with E-state index in [9.17, 15) is 9.50 Å². The molecule has 0 radical (unpaired) electrons. The normalized spacial score (nSPS) is 14.6. The third kappa shape index (κ3) is 1.99. The molecule has 0 aliphatic carbocycles. The minimum absolute atomic E-state index is 0.184. The Morgan fingerprint density at radius 1 is 1.54 bits per heavy atom. The van der Waals surface area contributed by atoms with Crippen LogP contribution in [0.5, 0.6) is 0 Å². The van der Waals surface area contributed by atoms with E-state index in [1.807, 2.05) is 0 Å². The number of hydrogen-bond acceptors (Lipinski definition) is 4. The molecule has 0 saturated heterocycles. The molecule has 0 aliphatic heterocycles. The van der Waals surface area contributed by atoms with Gasteiger partial charge in [0.05, 0.1) is 6.07 Å². The second-order valence-electron chi connectivity index (χ2n) is 2.40. The van der Waals surface area contributed by atoms with Gasteiger partial charge >= 0.3 is 0 Å². The van der Waals surface area contributed by atoms with Gasteiger partial charge in [-0.25, -0.2) is 4.98 Å². The molecule has 0 aliphatic rings. The fourth-order valence-corrected chi connectivity index (χ4v) is 0.860. The van der Waals surface area contributed by atoms with Gasteiger partial charge in [0, 0.05) is 11.8 Å². The number of nitrogens with zero attached hydrogens (tertiary/aromatic N) is 2. The highest BCUT2D eigenvalue weighted by Crippen LogP contribution is 2.17. The first kappa shape index (κ1) is 9.58. The quantitative estimate of drug-likeness (QED) is 0.503. The summed E-state index contributed by atoms with van der Waals surface area (Å²) >= 11 is 0. The molecule has 0 saturated carbocycles. The van der Waals surface area contributed by atoms with Crippen molar-refractivity contribution in [3.8, 4) is 6.07 Å². The highest BCUT2D eigenvalue weighted by atomic mass is 19.1. The molecule has 13 heavy (non-hydrogen) atoms. The Labute approximate surface area is 73.9 Å². The first-order valence-corrected chi connectivity index (χ1v) is 3.53. The first-order valence-electron chi connectivity index (χ1n) is 3.53. The van der Waals surface area contributed by atoms with E-state index < -0.39 is 18.2 Å². The van der Waals surface area contributed by atoms with Gasteiger partial charge in [0.25, 0.3) is 0 Å². The standard InChI is InChI=1S/C8H7FN2O2/c9-8-5(2-1-3-11-8)7(13)6(12)4-10/h1-3,6-7,12-13H. The van der Waals surface area contributed by atoms with Crippen LogP contribution in [0.2, 0.25) is 0 Å². The highest BCUT2D eigenvalue weighted by Gasteiger charge is 2.21. The van der Waals surface area contributed by atoms with Gasteiger partial charge in [0.2, 0.25) is 5.95 Å². The average Bonchev–Trinajstić information content (AvgIpc) is 2.16. The van der Waals surface area contributed by atoms with Crippen LogP contribution in [0.4, 0.5) is 4.39 Å². The number of rotatable bonds is 2. The molecule has 1 aromatic rings. The molecule has 4 nitrogen and oxygen atoms in total. The summed E-state index contributed by atoms with van der Waals surface area (Å²) < 4.78 is 12.8. The zero-order chi connectivity index (χ0) is 9.84. The Hall–Kier alpha value is -1.51. The van der Waals surface area contributed by atoms with E-state index in [1.165, 1.54) is 24.4 Å². The van der Waals surface area contributed by atoms with E-state index in [0.29, 0.717) is 0 Å². The summed E-state index contributed by atoms with van der Waals surface area (Å²) in [5.41, 5.74) is -0.184. The number of aromatic nitrogens is 1. The van der Waals surface area contributed by atoms with Gasteiger partial charge in [0.1, 0.15) is 6.10 Å². The second kappa shape index (κ2) is 3.94. The van der Waals surface area contributed by atoms with Gasteiger partial charge in [0.15, 0.2) is 6.10 Å². The molecule has 1 rings (SSSR count). The molecular formula is C8H7FN2O2. The van der Waals surface area contributed by atoms with E-state index in [1.54, 1.807) is 0 Å². The molecule has 0 fully saturated rings. The summed E-state index contributed by atoms with van der Waals surface area (Å²) in [6, 6.07) is 4.07. The SMILES string of the molecule is N#CC(O)C(O)c1cccnc1F. The molecule has 0 bridgehead atoms. The zero-order valence-electron chi connectivity index (χ0n) is 6.55. The average molecular weight is 182 g/mol. The predicted molar refractivity (Wildman–Crippen MR) is 40.8 cm³/mol. The molecule has 2 atom stereocenters. The number of halogens is 1. The summed E-state index contributed by atoms with van der Waals surface area (Å²) in [7, 11) is 0. The smallest absolute Gasteiger partial charge is 0.218 e. The van der Waals surface area contributed by atoms with E-state index in [4.69, 9.17) is 10.4 Å². The van der Waals surface area contributed by atoms with Crippen molar-refractivity contribution in [1.29, 1.82) is 5.26 Å². The van der Waals surface area contributed by atoms with Crippen LogP contribution in [-0.2, 0) is 0 Å². The summed E-state index contributed by atoms with van der Waals surface area (Å²) in [5.74, 6) is -0.885. The van der Waals surface area contributed by atoms with Gasteiger partial charge in [-0.2, -0.15) is 9.65 Å². The summed E-state index contributed by atoms with van der Waals surface area (Å²) in [4.78, 5) is 3.27. The van der Waals surface area contributed by atoms with Crippen LogP contribution in [-0.4, -0.2) is 21.3 Å². The largest absolute Gasteiger partial charge is 0.384 e. The van der Waals surface area contributed by atoms with Gasteiger partial charge in [-0.15, -0.1) is 0 Å². The summed E-state index contributed by atoms with van der Waals surface area (Å²) in [5, 5.41) is 26.4. The van der Waals surface area contributed by atoms with Gasteiger partial charge in [-0.05, 0) is 6.07 Å². The predicted octanol–water partition coefficient (Wildman–Crippen LogP) is 0.139. The van der Waals surface area contributed by atoms with E-state index in [0.717, 1.165) is 0 Å². The second-order valence-corrected chi connectivity index (χ2v) is 2.40. The topological polar surface area (TPSA) is 77.1 Å². The molecular weight excluding hydrogens is 175 g/mol. The number of hydrogen-bond donors (Lipinski definition) is 2. The Bertz CT molecular complexity index is 337. The first-order chi connectivity index (χ1) is 6.16. The zero-order valence-corrected chi connectivity index (χ0v) is 6.55. The van der Waals surface area contributed by atoms with E-state index >= 15 is 0 Å². The molecule has 5 heteroatoms. The molecule has 0 spiro atoms. The van der Waals surface area contributed by atoms with E-state index in [2.05, 4.69) is 4.98 Å². The molecule has 68 valence electrons. The number of aliphatic hydroxyl groups excluding tert-OH is 2. The molecule has 1 aromatic heterocycles. The Kier molecular flexibility index (Phi) is 2.90. The maximum absolute atomic E-state index is 12.8. The van der Waals surface area contributed by atoms with Crippen molar-refractivity contribution < 1.29 is 14.6 Å². The summed E-state index contributed by atoms with van der Waals surface area (Å²) in [6.07, 6.45) is -1.98. The van der Waals surface area contributed by atoms with E-state index in [-0.39, 0.29) is 5.56 Å². The van der Waals surface area contributed by atoms with Crippen LogP contribution in [0.3, 0.4) is 0 Å². The fraction of sp³-hybridized carbons (Fsp3) is 0.250. The van der Waals surface area contributed by atoms with Crippen molar-refractivity contribution in [2.24, 2.45) is 0 Å². The van der Waals surface area contributed by atoms with Crippen molar-refractivity contribution in [3.63, 3.8) is 0 Å². The van der Waals surface area contributed by atoms with Crippen LogP contribution >= 0.6 is 0 Å². The Morgan fingerprint density at radius 2 is 2.23 bits per heavy atom. The number of aliphatic hydroxyl groups is 2. The fourth-order valence-electron chi connectivity index (χ4n) is 0.860. The van der Waals surface area contributed by atoms with Crippen molar-refractivity contribution in [3.05, 3.63) is 29.8 Å². The highest BCUT2D eigenvalue weighted by molar-refractivity contribution is 5.17. The van der Waals surface area contributed by atoms with Gasteiger partial charge in [-0.3, -0.25) is 0 Å². The lowest BCUT2D eigenvalue weighted by Crippen LogP contribution is -2.17. The third-order valence-electron chi connectivity index (χ3n) is 1.54. The molecule has 2 unspecified atom stereocenters. The van der Waals surface area contributed by atoms with Crippen molar-refractivity contribution in [1.82, 2.24) is 4.98 Å². The molecule has 0 aromatic carbocycles. The molecule has 2 N–H and O–H groups in total. The Balaban J connectivity index is 2.96. The molecule has 0 amide bonds. The van der Waals surface area contributed by atoms with Crippen LogP contribution in [0.15, 0.2) is 18.3 Å². The van der Waals surface area contributed by atoms with Crippen LogP contribution in [0.25, 0.3) is 0 Å². The minimum atomic E-state index is -1.64. The number of pyridine rings is 1. The van der Waals surface area contributed by atoms with Gasteiger partial charge in [-0.1, -0.05) is 6.07 Å². The van der Waals surface area contributed by atoms with Crippen LogP contribution in [0, 0.1) is 17.3 Å². The Morgan fingerprint density at radius 3 is 2.77 bits per heavy atom. The lowest BCUT2D eigenvalue weighted by atomic mass is 10.1. The monoisotopic (exact) mass is 182 g/mol. The lowest BCUT2D eigenvalue weighted by molar-refractivity contribution is 0.0497. The third-order valence-corrected chi connectivity index (χ3v) is 1.54. The molecule has 1 heterocycles. The lowest BCUT2D eigenvalue weighted by Gasteiger charge is -2.11. The van der Waals surface area contributed by atoms with Crippen molar-refractivity contribution in [2.45, 2.75) is 12.2 Å². The minimum Gasteiger partial charge on any atom is -0.384 e. The van der Waals surface area contributed by atoms with Crippen molar-refractivity contribution in [2.75, 3.05) is 0 Å².